The van der Waals surface area contributed by atoms with E-state index in [1.165, 1.54) is 23.5 Å². The Labute approximate surface area is 119 Å². The van der Waals surface area contributed by atoms with Crippen molar-refractivity contribution in [3.05, 3.63) is 16.1 Å². The van der Waals surface area contributed by atoms with E-state index in [1.807, 2.05) is 0 Å². The Morgan fingerprint density at radius 3 is 3.00 bits per heavy atom. The third-order valence-corrected chi connectivity index (χ3v) is 4.93. The predicted molar refractivity (Wildman–Crippen MR) is 77.3 cm³/mol. The van der Waals surface area contributed by atoms with E-state index in [2.05, 4.69) is 29.6 Å². The highest BCUT2D eigenvalue weighted by atomic mass is 32.1. The number of likely N-dealkylation sites (N-methyl/N-ethyl adjacent to an activating group) is 1. The molecule has 1 aliphatic carbocycles. The molecule has 2 heterocycles. The number of nitrogens with zero attached hydrogens (tertiary/aromatic N) is 2. The average molecular weight is 281 g/mol. The van der Waals surface area contributed by atoms with Crippen LogP contribution in [-0.4, -0.2) is 41.7 Å². The zero-order valence-electron chi connectivity index (χ0n) is 11.8. The van der Waals surface area contributed by atoms with Crippen LogP contribution < -0.4 is 5.32 Å². The van der Waals surface area contributed by atoms with E-state index in [9.17, 15) is 0 Å². The van der Waals surface area contributed by atoms with Crippen LogP contribution >= 0.6 is 11.3 Å². The number of thiazole rings is 1. The second-order valence-corrected chi connectivity index (χ2v) is 6.68. The zero-order chi connectivity index (χ0) is 13.2. The second-order valence-electron chi connectivity index (χ2n) is 5.73. The summed E-state index contributed by atoms with van der Waals surface area (Å²) >= 11 is 1.77. The number of nitrogens with one attached hydrogen (secondary N) is 1. The molecule has 4 nitrogen and oxygen atoms in total. The van der Waals surface area contributed by atoms with Gasteiger partial charge in [0, 0.05) is 37.2 Å². The lowest BCUT2D eigenvalue weighted by Gasteiger charge is -2.25. The minimum absolute atomic E-state index is 0.347. The van der Waals surface area contributed by atoms with Crippen LogP contribution in [0.4, 0.5) is 0 Å². The molecule has 0 spiro atoms. The van der Waals surface area contributed by atoms with Crippen LogP contribution in [0.2, 0.25) is 0 Å². The van der Waals surface area contributed by atoms with Gasteiger partial charge in [-0.2, -0.15) is 0 Å². The number of rotatable bonds is 6. The summed E-state index contributed by atoms with van der Waals surface area (Å²) in [6.07, 6.45) is 4.15. The van der Waals surface area contributed by atoms with Crippen molar-refractivity contribution in [3.63, 3.8) is 0 Å². The molecule has 0 radical (unpaired) electrons. The molecule has 1 aromatic heterocycles. The number of ether oxygens (including phenoxy) is 1. The van der Waals surface area contributed by atoms with Gasteiger partial charge in [-0.05, 0) is 33.2 Å². The van der Waals surface area contributed by atoms with Crippen LogP contribution in [-0.2, 0) is 17.8 Å². The van der Waals surface area contributed by atoms with Crippen molar-refractivity contribution < 1.29 is 4.74 Å². The van der Waals surface area contributed by atoms with E-state index in [0.29, 0.717) is 12.1 Å². The maximum atomic E-state index is 5.63. The molecule has 2 atom stereocenters. The van der Waals surface area contributed by atoms with E-state index in [4.69, 9.17) is 9.72 Å². The fourth-order valence-electron chi connectivity index (χ4n) is 2.69. The molecule has 1 aromatic rings. The molecule has 1 N–H and O–H groups in total. The SMILES string of the molecule is CC1OCCC1N(C)Cc1csc(CNC2CC2)n1. The Kier molecular flexibility index (Phi) is 4.17. The fourth-order valence-corrected chi connectivity index (χ4v) is 3.43. The van der Waals surface area contributed by atoms with Crippen molar-refractivity contribution in [2.24, 2.45) is 0 Å². The van der Waals surface area contributed by atoms with Crippen LogP contribution in [0, 0.1) is 0 Å². The van der Waals surface area contributed by atoms with Gasteiger partial charge in [0.05, 0.1) is 11.8 Å². The van der Waals surface area contributed by atoms with Crippen molar-refractivity contribution in [2.75, 3.05) is 13.7 Å². The monoisotopic (exact) mass is 281 g/mol. The van der Waals surface area contributed by atoms with Gasteiger partial charge in [0.25, 0.3) is 0 Å². The van der Waals surface area contributed by atoms with Crippen molar-refractivity contribution in [2.45, 2.75) is 57.5 Å². The summed E-state index contributed by atoms with van der Waals surface area (Å²) in [4.78, 5) is 7.10. The molecule has 2 unspecified atom stereocenters. The van der Waals surface area contributed by atoms with Crippen molar-refractivity contribution in [1.29, 1.82) is 0 Å². The minimum atomic E-state index is 0.347. The van der Waals surface area contributed by atoms with E-state index in [0.717, 1.165) is 32.2 Å². The maximum absolute atomic E-state index is 5.63. The van der Waals surface area contributed by atoms with Gasteiger partial charge >= 0.3 is 0 Å². The molecule has 0 aromatic carbocycles. The van der Waals surface area contributed by atoms with Gasteiger partial charge in [0.1, 0.15) is 5.01 Å². The predicted octanol–water partition coefficient (Wildman–Crippen LogP) is 2.00. The van der Waals surface area contributed by atoms with Crippen LogP contribution in [0.3, 0.4) is 0 Å². The van der Waals surface area contributed by atoms with Crippen LogP contribution in [0.15, 0.2) is 5.38 Å². The number of hydrogen-bond donors (Lipinski definition) is 1. The van der Waals surface area contributed by atoms with Gasteiger partial charge in [-0.1, -0.05) is 0 Å². The van der Waals surface area contributed by atoms with E-state index < -0.39 is 0 Å². The highest BCUT2D eigenvalue weighted by molar-refractivity contribution is 7.09. The molecule has 2 fully saturated rings. The first kappa shape index (κ1) is 13.5. The largest absolute Gasteiger partial charge is 0.377 e. The first-order valence-electron chi connectivity index (χ1n) is 7.21. The second kappa shape index (κ2) is 5.87. The quantitative estimate of drug-likeness (QED) is 0.865. The molecule has 19 heavy (non-hydrogen) atoms. The first-order valence-corrected chi connectivity index (χ1v) is 8.09. The van der Waals surface area contributed by atoms with Gasteiger partial charge in [0.2, 0.25) is 0 Å². The summed E-state index contributed by atoms with van der Waals surface area (Å²) in [6.45, 7) is 4.92. The number of aromatic nitrogens is 1. The number of hydrogen-bond acceptors (Lipinski definition) is 5. The van der Waals surface area contributed by atoms with Crippen LogP contribution in [0.25, 0.3) is 0 Å². The third kappa shape index (κ3) is 3.54. The molecule has 106 valence electrons. The Bertz CT molecular complexity index is 419. The van der Waals surface area contributed by atoms with Gasteiger partial charge in [-0.15, -0.1) is 11.3 Å². The summed E-state index contributed by atoms with van der Waals surface area (Å²) in [5.41, 5.74) is 1.19. The van der Waals surface area contributed by atoms with Crippen LogP contribution in [0.1, 0.15) is 36.9 Å². The first-order chi connectivity index (χ1) is 9.22. The lowest BCUT2D eigenvalue weighted by Crippen LogP contribution is -2.36. The Morgan fingerprint density at radius 2 is 2.32 bits per heavy atom. The summed E-state index contributed by atoms with van der Waals surface area (Å²) in [7, 11) is 2.18. The molecule has 0 amide bonds. The molecule has 1 saturated heterocycles. The van der Waals surface area contributed by atoms with Gasteiger partial charge in [-0.3, -0.25) is 4.90 Å². The average Bonchev–Trinajstić information content (AvgIpc) is 2.95. The molecule has 0 bridgehead atoms. The molecule has 1 saturated carbocycles. The Morgan fingerprint density at radius 1 is 1.47 bits per heavy atom. The van der Waals surface area contributed by atoms with E-state index in [1.54, 1.807) is 11.3 Å². The molecule has 1 aliphatic heterocycles. The Balaban J connectivity index is 1.50. The van der Waals surface area contributed by atoms with Crippen molar-refractivity contribution >= 4 is 11.3 Å². The summed E-state index contributed by atoms with van der Waals surface area (Å²) in [5.74, 6) is 0. The molecule has 3 rings (SSSR count). The summed E-state index contributed by atoms with van der Waals surface area (Å²) in [5, 5.41) is 6.93. The molecular weight excluding hydrogens is 258 g/mol. The van der Waals surface area contributed by atoms with E-state index in [-0.39, 0.29) is 0 Å². The van der Waals surface area contributed by atoms with Gasteiger partial charge in [0.15, 0.2) is 0 Å². The highest BCUT2D eigenvalue weighted by Crippen LogP contribution is 2.22. The topological polar surface area (TPSA) is 37.4 Å². The van der Waals surface area contributed by atoms with Crippen LogP contribution in [0.5, 0.6) is 0 Å². The van der Waals surface area contributed by atoms with Gasteiger partial charge in [-0.25, -0.2) is 4.98 Å². The normalized spacial score (nSPS) is 27.3. The lowest BCUT2D eigenvalue weighted by atomic mass is 10.1. The molecular formula is C14H23N3OS. The maximum Gasteiger partial charge on any atom is 0.107 e. The highest BCUT2D eigenvalue weighted by Gasteiger charge is 2.28. The Hall–Kier alpha value is -0.490. The van der Waals surface area contributed by atoms with E-state index >= 15 is 0 Å². The lowest BCUT2D eigenvalue weighted by molar-refractivity contribution is 0.0811. The van der Waals surface area contributed by atoms with Crippen molar-refractivity contribution in [1.82, 2.24) is 15.2 Å². The summed E-state index contributed by atoms with van der Waals surface area (Å²) in [6, 6.07) is 1.29. The third-order valence-electron chi connectivity index (χ3n) is 4.03. The molecule has 2 aliphatic rings. The van der Waals surface area contributed by atoms with Crippen molar-refractivity contribution in [3.8, 4) is 0 Å². The van der Waals surface area contributed by atoms with Gasteiger partial charge < -0.3 is 10.1 Å². The standard InChI is InChI=1S/C14H23N3OS/c1-10-13(5-6-18-10)17(2)8-12-9-19-14(16-12)7-15-11-3-4-11/h9-11,13,15H,3-8H2,1-2H3. The minimum Gasteiger partial charge on any atom is -0.377 e. The smallest absolute Gasteiger partial charge is 0.107 e. The summed E-state index contributed by atoms with van der Waals surface area (Å²) < 4.78 is 5.63. The molecule has 5 heteroatoms. The zero-order valence-corrected chi connectivity index (χ0v) is 12.6. The fraction of sp³-hybridized carbons (Fsp3) is 0.786.